The number of methoxy groups -OCH3 is 1. The molecule has 1 amide bonds. The van der Waals surface area contributed by atoms with Crippen molar-refractivity contribution < 1.29 is 19.1 Å². The van der Waals surface area contributed by atoms with Crippen LogP contribution < -0.4 is 10.1 Å². The first-order valence-electron chi connectivity index (χ1n) is 8.20. The highest BCUT2D eigenvalue weighted by Gasteiger charge is 2.32. The first-order chi connectivity index (χ1) is 12.0. The van der Waals surface area contributed by atoms with Crippen molar-refractivity contribution in [2.45, 2.75) is 32.7 Å². The van der Waals surface area contributed by atoms with Gasteiger partial charge in [0.15, 0.2) is 0 Å². The van der Waals surface area contributed by atoms with E-state index in [1.165, 1.54) is 4.68 Å². The highest BCUT2D eigenvalue weighted by Crippen LogP contribution is 2.39. The summed E-state index contributed by atoms with van der Waals surface area (Å²) >= 11 is 0. The molecule has 0 spiro atoms. The molecule has 1 atom stereocenters. The number of anilines is 1. The fraction of sp³-hybridized carbons (Fsp3) is 0.389. The van der Waals surface area contributed by atoms with Crippen LogP contribution in [0.25, 0.3) is 0 Å². The summed E-state index contributed by atoms with van der Waals surface area (Å²) in [7, 11) is 1.61. The third-order valence-corrected chi connectivity index (χ3v) is 4.25. The van der Waals surface area contributed by atoms with Gasteiger partial charge in [-0.05, 0) is 31.5 Å². The van der Waals surface area contributed by atoms with Gasteiger partial charge in [-0.2, -0.15) is 5.10 Å². The Morgan fingerprint density at radius 2 is 2.24 bits per heavy atom. The number of hydrogen-bond acceptors (Lipinski definition) is 5. The van der Waals surface area contributed by atoms with Crippen molar-refractivity contribution in [3.05, 3.63) is 41.1 Å². The standard InChI is InChI=1S/C18H21N3O4/c1-4-25-16(23)10-21-18-17(11(2)20-21)14(9-15(22)19-18)12-6-5-7-13(8-12)24-3/h5-8,14H,4,9-10H2,1-3H3,(H,19,22). The Morgan fingerprint density at radius 1 is 1.44 bits per heavy atom. The van der Waals surface area contributed by atoms with E-state index in [-0.39, 0.29) is 24.3 Å². The number of amides is 1. The largest absolute Gasteiger partial charge is 0.497 e. The lowest BCUT2D eigenvalue weighted by molar-refractivity contribution is -0.144. The van der Waals surface area contributed by atoms with E-state index in [1.807, 2.05) is 31.2 Å². The molecule has 0 bridgehead atoms. The Labute approximate surface area is 145 Å². The molecule has 0 saturated carbocycles. The Hall–Kier alpha value is -2.83. The summed E-state index contributed by atoms with van der Waals surface area (Å²) in [5.41, 5.74) is 2.69. The number of nitrogens with zero attached hydrogens (tertiary/aromatic N) is 2. The van der Waals surface area contributed by atoms with E-state index in [4.69, 9.17) is 9.47 Å². The van der Waals surface area contributed by atoms with E-state index in [0.717, 1.165) is 22.6 Å². The summed E-state index contributed by atoms with van der Waals surface area (Å²) in [6.45, 7) is 3.91. The molecule has 2 aromatic rings. The number of fused-ring (bicyclic) bond motifs is 1. The summed E-state index contributed by atoms with van der Waals surface area (Å²) in [5, 5.41) is 7.28. The van der Waals surface area contributed by atoms with Crippen molar-refractivity contribution in [2.24, 2.45) is 0 Å². The van der Waals surface area contributed by atoms with Crippen LogP contribution in [0, 0.1) is 6.92 Å². The molecule has 0 radical (unpaired) electrons. The molecule has 0 saturated heterocycles. The monoisotopic (exact) mass is 343 g/mol. The molecule has 1 aliphatic rings. The van der Waals surface area contributed by atoms with Gasteiger partial charge < -0.3 is 14.8 Å². The first kappa shape index (κ1) is 17.0. The zero-order chi connectivity index (χ0) is 18.0. The second-order valence-electron chi connectivity index (χ2n) is 5.89. The summed E-state index contributed by atoms with van der Waals surface area (Å²) in [6.07, 6.45) is 0.326. The van der Waals surface area contributed by atoms with Gasteiger partial charge in [0.25, 0.3) is 0 Å². The maximum absolute atomic E-state index is 12.2. The lowest BCUT2D eigenvalue weighted by Gasteiger charge is -2.24. The lowest BCUT2D eigenvalue weighted by atomic mass is 9.86. The molecule has 3 rings (SSSR count). The first-order valence-corrected chi connectivity index (χ1v) is 8.20. The van der Waals surface area contributed by atoms with Crippen molar-refractivity contribution in [3.8, 4) is 5.75 Å². The quantitative estimate of drug-likeness (QED) is 0.842. The number of carbonyl (C=O) groups is 2. The normalized spacial score (nSPS) is 16.1. The fourth-order valence-corrected chi connectivity index (χ4v) is 3.20. The van der Waals surface area contributed by atoms with Crippen LogP contribution in [0.4, 0.5) is 5.82 Å². The average molecular weight is 343 g/mol. The zero-order valence-corrected chi connectivity index (χ0v) is 14.5. The minimum atomic E-state index is -0.384. The van der Waals surface area contributed by atoms with Crippen molar-refractivity contribution in [1.82, 2.24) is 9.78 Å². The van der Waals surface area contributed by atoms with Gasteiger partial charge >= 0.3 is 5.97 Å². The Kier molecular flexibility index (Phi) is 4.74. The molecular formula is C18H21N3O4. The van der Waals surface area contributed by atoms with E-state index in [0.29, 0.717) is 18.8 Å². The van der Waals surface area contributed by atoms with Gasteiger partial charge in [0.1, 0.15) is 18.1 Å². The summed E-state index contributed by atoms with van der Waals surface area (Å²) in [5.74, 6) is 0.682. The van der Waals surface area contributed by atoms with Crippen LogP contribution in [0.15, 0.2) is 24.3 Å². The van der Waals surface area contributed by atoms with E-state index < -0.39 is 0 Å². The van der Waals surface area contributed by atoms with Gasteiger partial charge in [0, 0.05) is 17.9 Å². The van der Waals surface area contributed by atoms with Crippen LogP contribution in [0.1, 0.15) is 36.1 Å². The molecule has 132 valence electrons. The molecule has 1 aromatic carbocycles. The molecule has 1 N–H and O–H groups in total. The van der Waals surface area contributed by atoms with Gasteiger partial charge in [-0.1, -0.05) is 12.1 Å². The topological polar surface area (TPSA) is 82.5 Å². The minimum Gasteiger partial charge on any atom is -0.497 e. The molecule has 1 aromatic heterocycles. The van der Waals surface area contributed by atoms with Gasteiger partial charge in [-0.15, -0.1) is 0 Å². The maximum atomic E-state index is 12.2. The van der Waals surface area contributed by atoms with Crippen molar-refractivity contribution >= 4 is 17.7 Å². The third kappa shape index (κ3) is 3.35. The highest BCUT2D eigenvalue weighted by atomic mass is 16.5. The zero-order valence-electron chi connectivity index (χ0n) is 14.5. The smallest absolute Gasteiger partial charge is 0.327 e. The van der Waals surface area contributed by atoms with Crippen molar-refractivity contribution in [1.29, 1.82) is 0 Å². The Morgan fingerprint density at radius 3 is 2.96 bits per heavy atom. The molecule has 0 fully saturated rings. The van der Waals surface area contributed by atoms with E-state index in [9.17, 15) is 9.59 Å². The Balaban J connectivity index is 2.01. The van der Waals surface area contributed by atoms with Crippen LogP contribution in [-0.2, 0) is 20.9 Å². The highest BCUT2D eigenvalue weighted by molar-refractivity contribution is 5.95. The van der Waals surface area contributed by atoms with Crippen LogP contribution >= 0.6 is 0 Å². The molecular weight excluding hydrogens is 322 g/mol. The summed E-state index contributed by atoms with van der Waals surface area (Å²) < 4.78 is 11.8. The molecule has 1 unspecified atom stereocenters. The average Bonchev–Trinajstić information content (AvgIpc) is 2.90. The summed E-state index contributed by atoms with van der Waals surface area (Å²) in [6, 6.07) is 7.66. The van der Waals surface area contributed by atoms with Gasteiger partial charge in [0.05, 0.1) is 19.4 Å². The third-order valence-electron chi connectivity index (χ3n) is 4.25. The van der Waals surface area contributed by atoms with Crippen LogP contribution in [0.5, 0.6) is 5.75 Å². The summed E-state index contributed by atoms with van der Waals surface area (Å²) in [4.78, 5) is 24.0. The van der Waals surface area contributed by atoms with Gasteiger partial charge in [-0.3, -0.25) is 9.59 Å². The van der Waals surface area contributed by atoms with E-state index >= 15 is 0 Å². The lowest BCUT2D eigenvalue weighted by Crippen LogP contribution is -2.26. The van der Waals surface area contributed by atoms with Crippen molar-refractivity contribution in [3.63, 3.8) is 0 Å². The fourth-order valence-electron chi connectivity index (χ4n) is 3.20. The molecule has 0 aliphatic carbocycles. The number of benzene rings is 1. The molecule has 1 aliphatic heterocycles. The molecule has 7 heteroatoms. The number of hydrogen-bond donors (Lipinski definition) is 1. The molecule has 7 nitrogen and oxygen atoms in total. The number of ether oxygens (including phenoxy) is 2. The maximum Gasteiger partial charge on any atom is 0.327 e. The minimum absolute atomic E-state index is 0.0326. The second-order valence-corrected chi connectivity index (χ2v) is 5.89. The van der Waals surface area contributed by atoms with Crippen LogP contribution in [-0.4, -0.2) is 35.4 Å². The predicted molar refractivity (Wildman–Crippen MR) is 91.7 cm³/mol. The predicted octanol–water partition coefficient (Wildman–Crippen LogP) is 2.24. The SMILES string of the molecule is CCOC(=O)Cn1nc(C)c2c1NC(=O)CC2c1cccc(OC)c1. The van der Waals surface area contributed by atoms with Gasteiger partial charge in [-0.25, -0.2) is 4.68 Å². The second kappa shape index (κ2) is 6.96. The molecule has 2 heterocycles. The number of carbonyl (C=O) groups excluding carboxylic acids is 2. The number of aromatic nitrogens is 2. The van der Waals surface area contributed by atoms with Gasteiger partial charge in [0.2, 0.25) is 5.91 Å². The van der Waals surface area contributed by atoms with E-state index in [1.54, 1.807) is 14.0 Å². The van der Waals surface area contributed by atoms with Crippen LogP contribution in [0.2, 0.25) is 0 Å². The Bertz CT molecular complexity index is 813. The van der Waals surface area contributed by atoms with E-state index in [2.05, 4.69) is 10.4 Å². The molecule has 25 heavy (non-hydrogen) atoms. The number of aryl methyl sites for hydroxylation is 1. The number of rotatable bonds is 5. The van der Waals surface area contributed by atoms with Crippen LogP contribution in [0.3, 0.4) is 0 Å². The van der Waals surface area contributed by atoms with Crippen molar-refractivity contribution in [2.75, 3.05) is 19.0 Å². The number of nitrogens with one attached hydrogen (secondary N) is 1. The number of esters is 1.